The van der Waals surface area contributed by atoms with E-state index in [2.05, 4.69) is 103 Å². The fraction of sp³-hybridized carbons (Fsp3) is 0.0909. The maximum absolute atomic E-state index is 3.71. The van der Waals surface area contributed by atoms with Gasteiger partial charge in [-0.25, -0.2) is 0 Å². The molecule has 0 amide bonds. The first-order valence-electron chi connectivity index (χ1n) is 8.39. The first kappa shape index (κ1) is 15.4. The summed E-state index contributed by atoms with van der Waals surface area (Å²) in [5.41, 5.74) is 5.26. The largest absolute Gasteiger partial charge is 0.312 e. The van der Waals surface area contributed by atoms with Gasteiger partial charge in [0.05, 0.1) is 11.2 Å². The number of allylic oxidation sites excluding steroid dienone is 1. The Morgan fingerprint density at radius 2 is 1.64 bits per heavy atom. The van der Waals surface area contributed by atoms with Crippen LogP contribution in [-0.4, -0.2) is 4.57 Å². The molecule has 0 radical (unpaired) electrons. The lowest BCUT2D eigenvalue weighted by Crippen LogP contribution is -2.04. The number of halogens is 2. The van der Waals surface area contributed by atoms with Gasteiger partial charge in [-0.3, -0.25) is 0 Å². The third-order valence-corrected chi connectivity index (χ3v) is 6.10. The highest BCUT2D eigenvalue weighted by Gasteiger charge is 2.21. The van der Waals surface area contributed by atoms with Crippen LogP contribution in [0.2, 0.25) is 0 Å². The fourth-order valence-corrected chi connectivity index (χ4v) is 4.68. The van der Waals surface area contributed by atoms with E-state index < -0.39 is 0 Å². The second-order valence-electron chi connectivity index (χ2n) is 6.45. The molecule has 0 spiro atoms. The minimum Gasteiger partial charge on any atom is -0.312 e. The molecule has 1 aliphatic carbocycles. The lowest BCUT2D eigenvalue weighted by atomic mass is 10.0. The molecule has 3 aromatic carbocycles. The number of nitrogens with zero attached hydrogens (tertiary/aromatic N) is 1. The highest BCUT2D eigenvalue weighted by molar-refractivity contribution is 9.11. The van der Waals surface area contributed by atoms with Gasteiger partial charge in [-0.15, -0.1) is 0 Å². The SMILES string of the molecule is BrC1=Cc2c(n(-c3cccc4ccccc34)c3ccc(Br)cc23)CC1. The Balaban J connectivity index is 1.94. The zero-order valence-corrected chi connectivity index (χ0v) is 16.6. The van der Waals surface area contributed by atoms with Crippen LogP contribution in [0.5, 0.6) is 0 Å². The zero-order chi connectivity index (χ0) is 17.0. The normalized spacial score (nSPS) is 13.9. The van der Waals surface area contributed by atoms with E-state index in [1.54, 1.807) is 0 Å². The Hall–Kier alpha value is -1.84. The average Bonchev–Trinajstić information content (AvgIpc) is 2.94. The van der Waals surface area contributed by atoms with Crippen LogP contribution in [0.1, 0.15) is 17.7 Å². The molecule has 0 saturated heterocycles. The van der Waals surface area contributed by atoms with E-state index in [4.69, 9.17) is 0 Å². The third-order valence-electron chi connectivity index (χ3n) is 4.98. The quantitative estimate of drug-likeness (QED) is 0.287. The van der Waals surface area contributed by atoms with Crippen LogP contribution >= 0.6 is 31.9 Å². The van der Waals surface area contributed by atoms with Crippen LogP contribution < -0.4 is 0 Å². The molecule has 0 N–H and O–H groups in total. The highest BCUT2D eigenvalue weighted by atomic mass is 79.9. The number of fused-ring (bicyclic) bond motifs is 4. The molecule has 5 rings (SSSR count). The minimum absolute atomic E-state index is 1.04. The van der Waals surface area contributed by atoms with E-state index >= 15 is 0 Å². The van der Waals surface area contributed by atoms with Crippen molar-refractivity contribution in [1.29, 1.82) is 0 Å². The summed E-state index contributed by atoms with van der Waals surface area (Å²) in [4.78, 5) is 0. The highest BCUT2D eigenvalue weighted by Crippen LogP contribution is 2.39. The van der Waals surface area contributed by atoms with E-state index in [1.807, 2.05) is 0 Å². The predicted octanol–water partition coefficient (Wildman–Crippen LogP) is 7.23. The van der Waals surface area contributed by atoms with Crippen molar-refractivity contribution in [3.8, 4) is 5.69 Å². The van der Waals surface area contributed by atoms with Gasteiger partial charge in [0.25, 0.3) is 0 Å². The van der Waals surface area contributed by atoms with E-state index in [9.17, 15) is 0 Å². The molecule has 0 bridgehead atoms. The molecule has 0 atom stereocenters. The molecule has 1 aromatic heterocycles. The van der Waals surface area contributed by atoms with Gasteiger partial charge >= 0.3 is 0 Å². The fourth-order valence-electron chi connectivity index (χ4n) is 3.89. The van der Waals surface area contributed by atoms with E-state index in [-0.39, 0.29) is 0 Å². The summed E-state index contributed by atoms with van der Waals surface area (Å²) >= 11 is 7.35. The van der Waals surface area contributed by atoms with Crippen LogP contribution in [0, 0.1) is 0 Å². The van der Waals surface area contributed by atoms with Gasteiger partial charge in [0.2, 0.25) is 0 Å². The van der Waals surface area contributed by atoms with Crippen molar-refractivity contribution in [3.63, 3.8) is 0 Å². The van der Waals surface area contributed by atoms with Crippen molar-refractivity contribution in [2.45, 2.75) is 12.8 Å². The Bertz CT molecular complexity index is 1160. The molecule has 1 aliphatic rings. The summed E-state index contributed by atoms with van der Waals surface area (Å²) in [6.07, 6.45) is 4.38. The molecule has 0 fully saturated rings. The second-order valence-corrected chi connectivity index (χ2v) is 8.38. The van der Waals surface area contributed by atoms with Gasteiger partial charge in [-0.1, -0.05) is 68.3 Å². The number of rotatable bonds is 1. The van der Waals surface area contributed by atoms with E-state index in [0.29, 0.717) is 0 Å². The van der Waals surface area contributed by atoms with Crippen molar-refractivity contribution in [3.05, 3.63) is 80.9 Å². The van der Waals surface area contributed by atoms with Crippen molar-refractivity contribution < 1.29 is 0 Å². The monoisotopic (exact) mass is 451 g/mol. The number of aromatic nitrogens is 1. The Morgan fingerprint density at radius 1 is 0.800 bits per heavy atom. The molecule has 0 saturated carbocycles. The molecule has 1 nitrogen and oxygen atoms in total. The van der Waals surface area contributed by atoms with Crippen molar-refractivity contribution in [2.24, 2.45) is 0 Å². The van der Waals surface area contributed by atoms with Crippen molar-refractivity contribution >= 4 is 59.6 Å². The van der Waals surface area contributed by atoms with E-state index in [0.717, 1.165) is 17.3 Å². The topological polar surface area (TPSA) is 4.93 Å². The number of hydrogen-bond acceptors (Lipinski definition) is 0. The molecule has 0 aliphatic heterocycles. The predicted molar refractivity (Wildman–Crippen MR) is 114 cm³/mol. The summed E-state index contributed by atoms with van der Waals surface area (Å²) in [6, 6.07) is 21.8. The molecule has 122 valence electrons. The smallest absolute Gasteiger partial charge is 0.0538 e. The second kappa shape index (κ2) is 5.86. The maximum atomic E-state index is 3.71. The van der Waals surface area contributed by atoms with Gasteiger partial charge < -0.3 is 4.57 Å². The van der Waals surface area contributed by atoms with Crippen LogP contribution in [0.15, 0.2) is 69.6 Å². The van der Waals surface area contributed by atoms with E-state index in [1.165, 1.54) is 43.1 Å². The molecule has 1 heterocycles. The Labute approximate surface area is 163 Å². The molecule has 0 unspecified atom stereocenters. The lowest BCUT2D eigenvalue weighted by molar-refractivity contribution is 0.886. The Kier molecular flexibility index (Phi) is 3.61. The first-order valence-corrected chi connectivity index (χ1v) is 9.98. The summed E-state index contributed by atoms with van der Waals surface area (Å²) in [6.45, 7) is 0. The maximum Gasteiger partial charge on any atom is 0.0538 e. The van der Waals surface area contributed by atoms with Crippen LogP contribution in [-0.2, 0) is 6.42 Å². The van der Waals surface area contributed by atoms with Gasteiger partial charge in [0, 0.05) is 26.5 Å². The summed E-state index contributed by atoms with van der Waals surface area (Å²) in [5, 5.41) is 3.87. The summed E-state index contributed by atoms with van der Waals surface area (Å²) in [7, 11) is 0. The van der Waals surface area contributed by atoms with Gasteiger partial charge in [-0.2, -0.15) is 0 Å². The number of benzene rings is 3. The Morgan fingerprint density at radius 3 is 2.56 bits per heavy atom. The first-order chi connectivity index (χ1) is 12.2. The van der Waals surface area contributed by atoms with Crippen LogP contribution in [0.25, 0.3) is 33.4 Å². The number of hydrogen-bond donors (Lipinski definition) is 0. The van der Waals surface area contributed by atoms with Crippen LogP contribution in [0.4, 0.5) is 0 Å². The summed E-state index contributed by atoms with van der Waals surface area (Å²) in [5.74, 6) is 0. The zero-order valence-electron chi connectivity index (χ0n) is 13.5. The van der Waals surface area contributed by atoms with Gasteiger partial charge in [0.1, 0.15) is 0 Å². The molecule has 3 heteroatoms. The molecule has 4 aromatic rings. The minimum atomic E-state index is 1.04. The molecular weight excluding hydrogens is 438 g/mol. The van der Waals surface area contributed by atoms with Gasteiger partial charge in [-0.05, 0) is 53.1 Å². The molecular formula is C22H15Br2N. The van der Waals surface area contributed by atoms with Gasteiger partial charge in [0.15, 0.2) is 0 Å². The lowest BCUT2D eigenvalue weighted by Gasteiger charge is -2.16. The standard InChI is InChI=1S/C22H15Br2N/c23-15-8-10-21-18(12-15)19-13-16(24)9-11-22(19)25(21)20-7-3-5-14-4-1-2-6-17(14)20/h1-8,10,12-13H,9,11H2. The summed E-state index contributed by atoms with van der Waals surface area (Å²) < 4.78 is 4.85. The van der Waals surface area contributed by atoms with Crippen molar-refractivity contribution in [2.75, 3.05) is 0 Å². The third kappa shape index (κ3) is 2.41. The molecule has 25 heavy (non-hydrogen) atoms. The van der Waals surface area contributed by atoms with Crippen molar-refractivity contribution in [1.82, 2.24) is 4.57 Å². The van der Waals surface area contributed by atoms with Crippen LogP contribution in [0.3, 0.4) is 0 Å². The average molecular weight is 453 g/mol.